The number of amides is 1. The maximum Gasteiger partial charge on any atom is 0.256 e. The van der Waals surface area contributed by atoms with E-state index in [1.165, 1.54) is 16.4 Å². The normalized spacial score (nSPS) is 19.2. The number of nitrogens with one attached hydrogen (secondary N) is 1. The molecule has 8 heteroatoms. The van der Waals surface area contributed by atoms with Crippen LogP contribution in [-0.4, -0.2) is 42.3 Å². The average molecular weight is 460 g/mol. The molecule has 1 N–H and O–H groups in total. The van der Waals surface area contributed by atoms with Crippen LogP contribution in [-0.2, 0) is 16.6 Å². The molecule has 1 aromatic heterocycles. The Labute approximate surface area is 190 Å². The number of nitrogens with zero attached hydrogens (tertiary/aromatic N) is 2. The number of carbonyl (C=O) groups excluding carboxylic acids is 1. The summed E-state index contributed by atoms with van der Waals surface area (Å²) in [5, 5.41) is 3.25. The van der Waals surface area contributed by atoms with Crippen molar-refractivity contribution < 1.29 is 13.2 Å². The standard InChI is InChI=1S/C24H33N3O4S/c1-5-14-26-16-20(24(29)25-21-11-9-8-10-17(21)4)23(28)19-15-18(12-13-22(19)26)32(30,31)27(6-2)7-3/h5,12-13,15-17,21H,1,6-11,14H2,2-4H3,(H,25,29). The van der Waals surface area contributed by atoms with Crippen molar-refractivity contribution in [2.75, 3.05) is 13.1 Å². The average Bonchev–Trinajstić information content (AvgIpc) is 2.77. The fourth-order valence-corrected chi connectivity index (χ4v) is 5.96. The minimum atomic E-state index is -3.73. The molecule has 1 fully saturated rings. The van der Waals surface area contributed by atoms with Gasteiger partial charge in [0, 0.05) is 37.3 Å². The summed E-state index contributed by atoms with van der Waals surface area (Å²) in [6, 6.07) is 4.57. The second kappa shape index (κ2) is 10.0. The van der Waals surface area contributed by atoms with E-state index in [1.54, 1.807) is 36.8 Å². The summed E-state index contributed by atoms with van der Waals surface area (Å²) < 4.78 is 29.1. The van der Waals surface area contributed by atoms with Gasteiger partial charge in [-0.05, 0) is 37.0 Å². The van der Waals surface area contributed by atoms with E-state index in [1.807, 2.05) is 0 Å². The second-order valence-corrected chi connectivity index (χ2v) is 10.4. The zero-order chi connectivity index (χ0) is 23.5. The number of sulfonamides is 1. The molecule has 2 atom stereocenters. The molecular weight excluding hydrogens is 426 g/mol. The van der Waals surface area contributed by atoms with E-state index in [0.717, 1.165) is 25.7 Å². The molecule has 1 saturated carbocycles. The highest BCUT2D eigenvalue weighted by molar-refractivity contribution is 7.89. The molecule has 1 aliphatic carbocycles. The van der Waals surface area contributed by atoms with Gasteiger partial charge in [-0.3, -0.25) is 9.59 Å². The van der Waals surface area contributed by atoms with Crippen molar-refractivity contribution in [3.63, 3.8) is 0 Å². The van der Waals surface area contributed by atoms with Crippen molar-refractivity contribution in [2.45, 2.75) is 63.9 Å². The molecule has 0 radical (unpaired) electrons. The minimum absolute atomic E-state index is 0.0227. The van der Waals surface area contributed by atoms with Crippen LogP contribution >= 0.6 is 0 Å². The van der Waals surface area contributed by atoms with Gasteiger partial charge in [0.2, 0.25) is 15.5 Å². The maximum absolute atomic E-state index is 13.3. The topological polar surface area (TPSA) is 88.5 Å². The molecule has 3 rings (SSSR count). The van der Waals surface area contributed by atoms with Gasteiger partial charge in [-0.1, -0.05) is 39.7 Å². The van der Waals surface area contributed by atoms with Crippen molar-refractivity contribution in [1.82, 2.24) is 14.2 Å². The smallest absolute Gasteiger partial charge is 0.256 e. The lowest BCUT2D eigenvalue weighted by molar-refractivity contribution is 0.0908. The molecule has 0 spiro atoms. The van der Waals surface area contributed by atoms with Gasteiger partial charge in [-0.15, -0.1) is 6.58 Å². The van der Waals surface area contributed by atoms with Crippen LogP contribution in [0.15, 0.2) is 46.7 Å². The Morgan fingerprint density at radius 2 is 1.94 bits per heavy atom. The van der Waals surface area contributed by atoms with E-state index in [4.69, 9.17) is 0 Å². The van der Waals surface area contributed by atoms with E-state index in [0.29, 0.717) is 31.1 Å². The monoisotopic (exact) mass is 459 g/mol. The van der Waals surface area contributed by atoms with Crippen LogP contribution in [0.25, 0.3) is 10.9 Å². The van der Waals surface area contributed by atoms with E-state index in [-0.39, 0.29) is 21.9 Å². The fourth-order valence-electron chi connectivity index (χ4n) is 4.48. The number of fused-ring (bicyclic) bond motifs is 1. The van der Waals surface area contributed by atoms with Crippen LogP contribution in [0.3, 0.4) is 0 Å². The van der Waals surface area contributed by atoms with Crippen LogP contribution < -0.4 is 10.7 Å². The first-order valence-corrected chi connectivity index (χ1v) is 12.8. The number of benzene rings is 1. The van der Waals surface area contributed by atoms with Crippen LogP contribution in [0.2, 0.25) is 0 Å². The summed E-state index contributed by atoms with van der Waals surface area (Å²) in [4.78, 5) is 26.5. The van der Waals surface area contributed by atoms with Crippen LogP contribution in [0, 0.1) is 5.92 Å². The number of rotatable bonds is 8. The molecule has 0 aliphatic heterocycles. The molecule has 2 aromatic rings. The van der Waals surface area contributed by atoms with Gasteiger partial charge in [-0.25, -0.2) is 8.42 Å². The quantitative estimate of drug-likeness (QED) is 0.612. The highest BCUT2D eigenvalue weighted by Gasteiger charge is 2.26. The fraction of sp³-hybridized carbons (Fsp3) is 0.500. The molecule has 1 aromatic carbocycles. The van der Waals surface area contributed by atoms with Gasteiger partial charge in [-0.2, -0.15) is 4.31 Å². The first-order chi connectivity index (χ1) is 15.2. The summed E-state index contributed by atoms with van der Waals surface area (Å²) >= 11 is 0. The van der Waals surface area contributed by atoms with Crippen molar-refractivity contribution in [1.29, 1.82) is 0 Å². The summed E-state index contributed by atoms with van der Waals surface area (Å²) in [7, 11) is -3.73. The summed E-state index contributed by atoms with van der Waals surface area (Å²) in [5.41, 5.74) is 0.128. The number of pyridine rings is 1. The number of hydrogen-bond donors (Lipinski definition) is 1. The number of hydrogen-bond acceptors (Lipinski definition) is 4. The lowest BCUT2D eigenvalue weighted by atomic mass is 9.86. The molecule has 0 saturated heterocycles. The molecule has 1 heterocycles. The lowest BCUT2D eigenvalue weighted by Gasteiger charge is -2.29. The molecule has 174 valence electrons. The summed E-state index contributed by atoms with van der Waals surface area (Å²) in [6.07, 6.45) is 7.38. The maximum atomic E-state index is 13.3. The Kier molecular flexibility index (Phi) is 7.56. The predicted octanol–water partition coefficient (Wildman–Crippen LogP) is 3.53. The van der Waals surface area contributed by atoms with E-state index in [9.17, 15) is 18.0 Å². The first-order valence-electron chi connectivity index (χ1n) is 11.3. The van der Waals surface area contributed by atoms with Gasteiger partial charge in [0.05, 0.1) is 10.4 Å². The van der Waals surface area contributed by atoms with Gasteiger partial charge >= 0.3 is 0 Å². The van der Waals surface area contributed by atoms with Gasteiger partial charge < -0.3 is 9.88 Å². The van der Waals surface area contributed by atoms with E-state index >= 15 is 0 Å². The Balaban J connectivity index is 2.11. The first kappa shape index (κ1) is 24.2. The predicted molar refractivity (Wildman–Crippen MR) is 127 cm³/mol. The third kappa shape index (κ3) is 4.66. The zero-order valence-electron chi connectivity index (χ0n) is 19.1. The number of aromatic nitrogens is 1. The zero-order valence-corrected chi connectivity index (χ0v) is 20.0. The van der Waals surface area contributed by atoms with Crippen LogP contribution in [0.1, 0.15) is 56.8 Å². The SMILES string of the molecule is C=CCn1cc(C(=O)NC2CCCCC2C)c(=O)c2cc(S(=O)(=O)N(CC)CC)ccc21. The van der Waals surface area contributed by atoms with Crippen molar-refractivity contribution in [3.05, 3.63) is 52.8 Å². The highest BCUT2D eigenvalue weighted by atomic mass is 32.2. The molecular formula is C24H33N3O4S. The second-order valence-electron chi connectivity index (χ2n) is 8.42. The lowest BCUT2D eigenvalue weighted by Crippen LogP contribution is -2.42. The Morgan fingerprint density at radius 1 is 1.25 bits per heavy atom. The van der Waals surface area contributed by atoms with E-state index in [2.05, 4.69) is 18.8 Å². The van der Waals surface area contributed by atoms with Crippen molar-refractivity contribution in [3.8, 4) is 0 Å². The third-order valence-electron chi connectivity index (χ3n) is 6.39. The number of allylic oxidation sites excluding steroid dienone is 1. The van der Waals surface area contributed by atoms with Gasteiger partial charge in [0.15, 0.2) is 0 Å². The highest BCUT2D eigenvalue weighted by Crippen LogP contribution is 2.24. The molecule has 7 nitrogen and oxygen atoms in total. The van der Waals surface area contributed by atoms with Crippen molar-refractivity contribution >= 4 is 26.8 Å². The Morgan fingerprint density at radius 3 is 2.56 bits per heavy atom. The molecule has 1 aliphatic rings. The largest absolute Gasteiger partial charge is 0.349 e. The summed E-state index contributed by atoms with van der Waals surface area (Å²) in [6.45, 7) is 10.5. The van der Waals surface area contributed by atoms with E-state index < -0.39 is 21.4 Å². The van der Waals surface area contributed by atoms with Gasteiger partial charge in [0.25, 0.3) is 5.91 Å². The Bertz CT molecular complexity index is 1170. The van der Waals surface area contributed by atoms with Crippen LogP contribution in [0.5, 0.6) is 0 Å². The number of carbonyl (C=O) groups is 1. The third-order valence-corrected chi connectivity index (χ3v) is 8.44. The van der Waals surface area contributed by atoms with Crippen LogP contribution in [0.4, 0.5) is 0 Å². The minimum Gasteiger partial charge on any atom is -0.349 e. The van der Waals surface area contributed by atoms with Gasteiger partial charge in [0.1, 0.15) is 5.56 Å². The molecule has 1 amide bonds. The molecule has 2 unspecified atom stereocenters. The molecule has 32 heavy (non-hydrogen) atoms. The van der Waals surface area contributed by atoms with Crippen molar-refractivity contribution in [2.24, 2.45) is 5.92 Å². The Hall–Kier alpha value is -2.45. The molecule has 0 bridgehead atoms. The summed E-state index contributed by atoms with van der Waals surface area (Å²) in [5.74, 6) is -0.0557.